The van der Waals surface area contributed by atoms with Gasteiger partial charge in [0.2, 0.25) is 0 Å². The van der Waals surface area contributed by atoms with Crippen LogP contribution in [0.5, 0.6) is 0 Å². The van der Waals surface area contributed by atoms with E-state index in [0.29, 0.717) is 18.1 Å². The Morgan fingerprint density at radius 1 is 1.30 bits per heavy atom. The second kappa shape index (κ2) is 5.82. The lowest BCUT2D eigenvalue weighted by Crippen LogP contribution is -2.42. The van der Waals surface area contributed by atoms with Gasteiger partial charge < -0.3 is 14.6 Å². The third-order valence-electron chi connectivity index (χ3n) is 4.57. The highest BCUT2D eigenvalue weighted by Gasteiger charge is 2.28. The number of aryl methyl sites for hydroxylation is 1. The summed E-state index contributed by atoms with van der Waals surface area (Å²) in [5.74, 6) is 2.85. The molecule has 1 aromatic rings. The monoisotopic (exact) mass is 278 g/mol. The highest BCUT2D eigenvalue weighted by molar-refractivity contribution is 5.04. The van der Waals surface area contributed by atoms with Gasteiger partial charge in [-0.3, -0.25) is 0 Å². The number of hydrogen-bond acceptors (Lipinski definition) is 4. The van der Waals surface area contributed by atoms with Crippen LogP contribution in [0.4, 0.5) is 0 Å². The van der Waals surface area contributed by atoms with Crippen molar-refractivity contribution in [3.8, 4) is 0 Å². The highest BCUT2D eigenvalue weighted by Crippen LogP contribution is 2.24. The molecule has 0 spiro atoms. The number of ether oxygens (including phenoxy) is 1. The number of hydrogen-bond donors (Lipinski definition) is 1. The van der Waals surface area contributed by atoms with Crippen LogP contribution in [0.2, 0.25) is 0 Å². The van der Waals surface area contributed by atoms with Gasteiger partial charge in [0.1, 0.15) is 11.6 Å². The molecule has 0 bridgehead atoms. The molecule has 0 aliphatic carbocycles. The van der Waals surface area contributed by atoms with Crippen LogP contribution in [0, 0.1) is 5.92 Å². The molecule has 3 atom stereocenters. The Balaban J connectivity index is 1.62. The first-order valence-corrected chi connectivity index (χ1v) is 7.94. The van der Waals surface area contributed by atoms with E-state index in [0.717, 1.165) is 44.1 Å². The zero-order chi connectivity index (χ0) is 14.1. The minimum atomic E-state index is 0.269. The summed E-state index contributed by atoms with van der Waals surface area (Å²) in [7, 11) is 0. The van der Waals surface area contributed by atoms with Crippen LogP contribution < -0.4 is 5.32 Å². The number of nitrogens with zero attached hydrogens (tertiary/aromatic N) is 3. The number of nitrogens with one attached hydrogen (secondary N) is 1. The van der Waals surface area contributed by atoms with Gasteiger partial charge in [0.25, 0.3) is 0 Å². The lowest BCUT2D eigenvalue weighted by molar-refractivity contribution is -0.0258. The fourth-order valence-electron chi connectivity index (χ4n) is 3.37. The van der Waals surface area contributed by atoms with Crippen molar-refractivity contribution in [2.75, 3.05) is 6.61 Å². The number of rotatable bonds is 4. The van der Waals surface area contributed by atoms with E-state index in [4.69, 9.17) is 4.74 Å². The summed E-state index contributed by atoms with van der Waals surface area (Å²) in [6.45, 7) is 8.62. The first kappa shape index (κ1) is 14.0. The van der Waals surface area contributed by atoms with Crippen LogP contribution in [0.1, 0.15) is 57.7 Å². The zero-order valence-corrected chi connectivity index (χ0v) is 12.8. The Labute approximate surface area is 121 Å². The number of aromatic nitrogens is 3. The molecule has 3 unspecified atom stereocenters. The van der Waals surface area contributed by atoms with E-state index in [1.165, 1.54) is 6.42 Å². The molecule has 0 saturated carbocycles. The Kier molecular flexibility index (Phi) is 4.08. The quantitative estimate of drug-likeness (QED) is 0.916. The molecular weight excluding hydrogens is 252 g/mol. The van der Waals surface area contributed by atoms with Crippen LogP contribution in [-0.2, 0) is 17.7 Å². The Hall–Kier alpha value is -0.940. The lowest BCUT2D eigenvalue weighted by Gasteiger charge is -2.33. The van der Waals surface area contributed by atoms with Gasteiger partial charge in [-0.15, -0.1) is 10.2 Å². The summed E-state index contributed by atoms with van der Waals surface area (Å²) in [6, 6.07) is 0.797. The van der Waals surface area contributed by atoms with Gasteiger partial charge in [-0.1, -0.05) is 13.8 Å². The predicted molar refractivity (Wildman–Crippen MR) is 77.5 cm³/mol. The van der Waals surface area contributed by atoms with E-state index in [1.54, 1.807) is 0 Å². The first-order chi connectivity index (χ1) is 9.65. The second-order valence-corrected chi connectivity index (χ2v) is 6.49. The molecule has 1 saturated heterocycles. The van der Waals surface area contributed by atoms with Crippen molar-refractivity contribution in [3.05, 3.63) is 11.6 Å². The highest BCUT2D eigenvalue weighted by atomic mass is 16.5. The maximum Gasteiger partial charge on any atom is 0.149 e. The van der Waals surface area contributed by atoms with Crippen molar-refractivity contribution in [2.24, 2.45) is 5.92 Å². The first-order valence-electron chi connectivity index (χ1n) is 7.94. The van der Waals surface area contributed by atoms with Crippen LogP contribution >= 0.6 is 0 Å². The topological polar surface area (TPSA) is 52.0 Å². The standard InChI is InChI=1S/C15H26N4O/c1-10(2)13-9-12(6-8-20-13)16-11(3)15-18-17-14-5-4-7-19(14)15/h10-13,16H,4-9H2,1-3H3. The van der Waals surface area contributed by atoms with Crippen molar-refractivity contribution in [1.82, 2.24) is 20.1 Å². The zero-order valence-electron chi connectivity index (χ0n) is 12.8. The van der Waals surface area contributed by atoms with E-state index < -0.39 is 0 Å². The van der Waals surface area contributed by atoms with Crippen molar-refractivity contribution in [3.63, 3.8) is 0 Å². The van der Waals surface area contributed by atoms with Crippen molar-refractivity contribution < 1.29 is 4.74 Å². The summed E-state index contributed by atoms with van der Waals surface area (Å²) in [4.78, 5) is 0. The molecule has 112 valence electrons. The summed E-state index contributed by atoms with van der Waals surface area (Å²) in [5, 5.41) is 12.4. The largest absolute Gasteiger partial charge is 0.378 e. The third-order valence-corrected chi connectivity index (χ3v) is 4.57. The minimum absolute atomic E-state index is 0.269. The fraction of sp³-hybridized carbons (Fsp3) is 0.867. The second-order valence-electron chi connectivity index (χ2n) is 6.49. The van der Waals surface area contributed by atoms with Crippen LogP contribution in [0.3, 0.4) is 0 Å². The molecule has 0 aromatic carbocycles. The summed E-state index contributed by atoms with van der Waals surface area (Å²) < 4.78 is 8.13. The minimum Gasteiger partial charge on any atom is -0.378 e. The van der Waals surface area contributed by atoms with Gasteiger partial charge in [-0.25, -0.2) is 0 Å². The van der Waals surface area contributed by atoms with Crippen molar-refractivity contribution in [1.29, 1.82) is 0 Å². The van der Waals surface area contributed by atoms with E-state index >= 15 is 0 Å². The Morgan fingerprint density at radius 3 is 2.95 bits per heavy atom. The predicted octanol–water partition coefficient (Wildman–Crippen LogP) is 2.08. The SMILES string of the molecule is CC(NC1CCOC(C(C)C)C1)c1nnc2n1CCC2. The molecule has 1 fully saturated rings. The Morgan fingerprint density at radius 2 is 2.15 bits per heavy atom. The molecule has 2 aliphatic heterocycles. The van der Waals surface area contributed by atoms with Gasteiger partial charge in [0.05, 0.1) is 12.1 Å². The molecule has 20 heavy (non-hydrogen) atoms. The number of fused-ring (bicyclic) bond motifs is 1. The molecule has 3 rings (SSSR count). The Bertz CT molecular complexity index is 457. The van der Waals surface area contributed by atoms with E-state index in [9.17, 15) is 0 Å². The van der Waals surface area contributed by atoms with Crippen molar-refractivity contribution >= 4 is 0 Å². The van der Waals surface area contributed by atoms with Gasteiger partial charge >= 0.3 is 0 Å². The average molecular weight is 278 g/mol. The van der Waals surface area contributed by atoms with Gasteiger partial charge in [0.15, 0.2) is 0 Å². The summed E-state index contributed by atoms with van der Waals surface area (Å²) in [6.07, 6.45) is 4.86. The van der Waals surface area contributed by atoms with E-state index in [1.807, 2.05) is 0 Å². The molecule has 0 amide bonds. The third kappa shape index (κ3) is 2.74. The molecule has 2 aliphatic rings. The van der Waals surface area contributed by atoms with Crippen LogP contribution in [0.25, 0.3) is 0 Å². The molecule has 0 radical (unpaired) electrons. The fourth-order valence-corrected chi connectivity index (χ4v) is 3.37. The van der Waals surface area contributed by atoms with Crippen molar-refractivity contribution in [2.45, 2.75) is 71.2 Å². The maximum absolute atomic E-state index is 5.84. The van der Waals surface area contributed by atoms with Gasteiger partial charge in [-0.05, 0) is 32.1 Å². The smallest absolute Gasteiger partial charge is 0.149 e. The van der Waals surface area contributed by atoms with Crippen LogP contribution in [-0.4, -0.2) is 33.5 Å². The molecular formula is C15H26N4O. The molecule has 1 N–H and O–H groups in total. The summed E-state index contributed by atoms with van der Waals surface area (Å²) in [5.41, 5.74) is 0. The van der Waals surface area contributed by atoms with Crippen LogP contribution in [0.15, 0.2) is 0 Å². The normalized spacial score (nSPS) is 27.8. The van der Waals surface area contributed by atoms with E-state index in [-0.39, 0.29) is 6.04 Å². The van der Waals surface area contributed by atoms with E-state index in [2.05, 4.69) is 40.9 Å². The van der Waals surface area contributed by atoms with Gasteiger partial charge in [-0.2, -0.15) is 0 Å². The molecule has 5 nitrogen and oxygen atoms in total. The average Bonchev–Trinajstić information content (AvgIpc) is 3.00. The molecule has 3 heterocycles. The maximum atomic E-state index is 5.84. The summed E-state index contributed by atoms with van der Waals surface area (Å²) >= 11 is 0. The molecule has 5 heteroatoms. The lowest BCUT2D eigenvalue weighted by atomic mass is 9.95. The van der Waals surface area contributed by atoms with Gasteiger partial charge in [0, 0.05) is 25.6 Å². The molecule has 1 aromatic heterocycles.